The SMILES string of the molecule is CC(=O)Nc1cc(NC(=O)C(F)(F)F)ccc1F. The molecule has 1 aromatic carbocycles. The smallest absolute Gasteiger partial charge is 0.324 e. The summed E-state index contributed by atoms with van der Waals surface area (Å²) in [5, 5.41) is 3.62. The summed E-state index contributed by atoms with van der Waals surface area (Å²) in [7, 11) is 0. The summed E-state index contributed by atoms with van der Waals surface area (Å²) in [6, 6.07) is 2.67. The molecule has 0 bridgehead atoms. The van der Waals surface area contributed by atoms with Gasteiger partial charge in [0, 0.05) is 12.6 Å². The van der Waals surface area contributed by atoms with Crippen LogP contribution in [0.5, 0.6) is 0 Å². The van der Waals surface area contributed by atoms with Gasteiger partial charge in [0.1, 0.15) is 5.82 Å². The van der Waals surface area contributed by atoms with Gasteiger partial charge in [-0.05, 0) is 18.2 Å². The largest absolute Gasteiger partial charge is 0.471 e. The van der Waals surface area contributed by atoms with Gasteiger partial charge in [0.2, 0.25) is 5.91 Å². The summed E-state index contributed by atoms with van der Waals surface area (Å²) in [5.41, 5.74) is -0.593. The summed E-state index contributed by atoms with van der Waals surface area (Å²) in [6.07, 6.45) is -5.04. The predicted molar refractivity (Wildman–Crippen MR) is 55.4 cm³/mol. The molecule has 0 unspecified atom stereocenters. The van der Waals surface area contributed by atoms with E-state index in [1.54, 1.807) is 5.32 Å². The Morgan fingerprint density at radius 1 is 1.17 bits per heavy atom. The number of carbonyl (C=O) groups is 2. The van der Waals surface area contributed by atoms with Crippen molar-refractivity contribution in [2.24, 2.45) is 0 Å². The lowest BCUT2D eigenvalue weighted by Crippen LogP contribution is -2.29. The summed E-state index contributed by atoms with van der Waals surface area (Å²) >= 11 is 0. The van der Waals surface area contributed by atoms with E-state index < -0.39 is 23.8 Å². The number of alkyl halides is 3. The Kier molecular flexibility index (Phi) is 3.89. The van der Waals surface area contributed by atoms with E-state index in [0.717, 1.165) is 25.1 Å². The van der Waals surface area contributed by atoms with Crippen LogP contribution in [0.25, 0.3) is 0 Å². The number of amides is 2. The van der Waals surface area contributed by atoms with Crippen LogP contribution in [0.3, 0.4) is 0 Å². The van der Waals surface area contributed by atoms with Gasteiger partial charge in [-0.2, -0.15) is 13.2 Å². The second-order valence-corrected chi connectivity index (χ2v) is 3.33. The molecule has 2 amide bonds. The minimum absolute atomic E-state index is 0.275. The number of nitrogens with one attached hydrogen (secondary N) is 2. The first-order chi connectivity index (χ1) is 8.20. The van der Waals surface area contributed by atoms with Crippen LogP contribution in [0, 0.1) is 5.82 Å². The molecule has 1 aromatic rings. The Morgan fingerprint density at radius 3 is 2.28 bits per heavy atom. The monoisotopic (exact) mass is 264 g/mol. The molecule has 2 N–H and O–H groups in total. The molecule has 0 saturated heterocycles. The standard InChI is InChI=1S/C10H8F4N2O2/c1-5(17)15-8-4-6(2-3-7(8)11)16-9(18)10(12,13)14/h2-4H,1H3,(H,15,17)(H,16,18). The van der Waals surface area contributed by atoms with E-state index in [-0.39, 0.29) is 11.4 Å². The van der Waals surface area contributed by atoms with Gasteiger partial charge in [-0.25, -0.2) is 4.39 Å². The molecule has 0 aliphatic rings. The predicted octanol–water partition coefficient (Wildman–Crippen LogP) is 2.28. The third kappa shape index (κ3) is 3.72. The van der Waals surface area contributed by atoms with Crippen molar-refractivity contribution in [3.63, 3.8) is 0 Å². The maximum absolute atomic E-state index is 13.2. The Labute approximate surface area is 99.0 Å². The molecule has 0 aliphatic carbocycles. The van der Waals surface area contributed by atoms with Crippen molar-refractivity contribution < 1.29 is 27.2 Å². The highest BCUT2D eigenvalue weighted by Crippen LogP contribution is 2.22. The first-order valence-corrected chi connectivity index (χ1v) is 4.65. The highest BCUT2D eigenvalue weighted by molar-refractivity contribution is 5.96. The number of hydrogen-bond donors (Lipinski definition) is 2. The van der Waals surface area contributed by atoms with Gasteiger partial charge in [0.25, 0.3) is 0 Å². The molecule has 1 rings (SSSR count). The summed E-state index contributed by atoms with van der Waals surface area (Å²) in [4.78, 5) is 21.3. The van der Waals surface area contributed by atoms with Crippen molar-refractivity contribution in [1.29, 1.82) is 0 Å². The Morgan fingerprint density at radius 2 is 1.78 bits per heavy atom. The first kappa shape index (κ1) is 13.9. The third-order valence-corrected chi connectivity index (χ3v) is 1.79. The van der Waals surface area contributed by atoms with Gasteiger partial charge in [0.15, 0.2) is 0 Å². The molecular weight excluding hydrogens is 256 g/mol. The molecule has 0 saturated carbocycles. The maximum atomic E-state index is 13.2. The lowest BCUT2D eigenvalue weighted by atomic mass is 10.2. The van der Waals surface area contributed by atoms with Crippen LogP contribution in [0.4, 0.5) is 28.9 Å². The van der Waals surface area contributed by atoms with Crippen LogP contribution in [-0.4, -0.2) is 18.0 Å². The number of halogens is 4. The van der Waals surface area contributed by atoms with Gasteiger partial charge in [-0.3, -0.25) is 9.59 Å². The van der Waals surface area contributed by atoms with Crippen molar-refractivity contribution in [3.8, 4) is 0 Å². The number of benzene rings is 1. The number of hydrogen-bond acceptors (Lipinski definition) is 2. The quantitative estimate of drug-likeness (QED) is 0.805. The molecule has 0 heterocycles. The van der Waals surface area contributed by atoms with Crippen LogP contribution >= 0.6 is 0 Å². The van der Waals surface area contributed by atoms with E-state index in [4.69, 9.17) is 0 Å². The normalized spacial score (nSPS) is 10.9. The molecule has 0 aromatic heterocycles. The minimum Gasteiger partial charge on any atom is -0.324 e. The van der Waals surface area contributed by atoms with Crippen molar-refractivity contribution in [3.05, 3.63) is 24.0 Å². The van der Waals surface area contributed by atoms with Crippen molar-refractivity contribution in [2.75, 3.05) is 10.6 Å². The van der Waals surface area contributed by atoms with E-state index in [2.05, 4.69) is 5.32 Å². The van der Waals surface area contributed by atoms with Crippen molar-refractivity contribution in [1.82, 2.24) is 0 Å². The lowest BCUT2D eigenvalue weighted by molar-refractivity contribution is -0.167. The van der Waals surface area contributed by atoms with Gasteiger partial charge < -0.3 is 10.6 Å². The summed E-state index contributed by atoms with van der Waals surface area (Å²) in [5.74, 6) is -3.59. The van der Waals surface area contributed by atoms with Gasteiger partial charge in [-0.15, -0.1) is 0 Å². The van der Waals surface area contributed by atoms with Crippen LogP contribution in [0.15, 0.2) is 18.2 Å². The van der Waals surface area contributed by atoms with E-state index in [1.807, 2.05) is 0 Å². The average molecular weight is 264 g/mol. The molecule has 0 atom stereocenters. The summed E-state index contributed by atoms with van der Waals surface area (Å²) < 4.78 is 49.1. The molecule has 8 heteroatoms. The molecule has 0 radical (unpaired) electrons. The molecule has 4 nitrogen and oxygen atoms in total. The zero-order chi connectivity index (χ0) is 13.9. The molecule has 98 valence electrons. The van der Waals surface area contributed by atoms with Crippen molar-refractivity contribution in [2.45, 2.75) is 13.1 Å². The van der Waals surface area contributed by atoms with Crippen LogP contribution < -0.4 is 10.6 Å². The molecular formula is C10H8F4N2O2. The first-order valence-electron chi connectivity index (χ1n) is 4.65. The summed E-state index contributed by atoms with van der Waals surface area (Å²) in [6.45, 7) is 1.11. The fraction of sp³-hybridized carbons (Fsp3) is 0.200. The fourth-order valence-electron chi connectivity index (χ4n) is 1.09. The Hall–Kier alpha value is -2.12. The fourth-order valence-corrected chi connectivity index (χ4v) is 1.09. The molecule has 0 spiro atoms. The van der Waals surface area contributed by atoms with Gasteiger partial charge in [0.05, 0.1) is 5.69 Å². The third-order valence-electron chi connectivity index (χ3n) is 1.79. The Balaban J connectivity index is 2.92. The highest BCUT2D eigenvalue weighted by atomic mass is 19.4. The van der Waals surface area contributed by atoms with Crippen molar-refractivity contribution >= 4 is 23.2 Å². The molecule has 18 heavy (non-hydrogen) atoms. The zero-order valence-electron chi connectivity index (χ0n) is 9.06. The lowest BCUT2D eigenvalue weighted by Gasteiger charge is -2.10. The molecule has 0 fully saturated rings. The van der Waals surface area contributed by atoms with E-state index in [9.17, 15) is 27.2 Å². The van der Waals surface area contributed by atoms with E-state index in [0.29, 0.717) is 0 Å². The van der Waals surface area contributed by atoms with Crippen LogP contribution in [-0.2, 0) is 9.59 Å². The van der Waals surface area contributed by atoms with Crippen LogP contribution in [0.2, 0.25) is 0 Å². The van der Waals surface area contributed by atoms with E-state index in [1.165, 1.54) is 0 Å². The zero-order valence-corrected chi connectivity index (χ0v) is 9.06. The number of rotatable bonds is 2. The van der Waals surface area contributed by atoms with Crippen LogP contribution in [0.1, 0.15) is 6.92 Å². The highest BCUT2D eigenvalue weighted by Gasteiger charge is 2.38. The second-order valence-electron chi connectivity index (χ2n) is 3.33. The number of carbonyl (C=O) groups excluding carboxylic acids is 2. The van der Waals surface area contributed by atoms with E-state index >= 15 is 0 Å². The minimum atomic E-state index is -5.04. The average Bonchev–Trinajstić information content (AvgIpc) is 2.20. The van der Waals surface area contributed by atoms with Gasteiger partial charge in [-0.1, -0.05) is 0 Å². The maximum Gasteiger partial charge on any atom is 0.471 e. The Bertz CT molecular complexity index is 485. The van der Waals surface area contributed by atoms with Gasteiger partial charge >= 0.3 is 12.1 Å². The topological polar surface area (TPSA) is 58.2 Å². The number of anilines is 2. The molecule has 0 aliphatic heterocycles. The second kappa shape index (κ2) is 5.03.